The van der Waals surface area contributed by atoms with Crippen molar-refractivity contribution in [3.63, 3.8) is 0 Å². The zero-order chi connectivity index (χ0) is 12.1. The molecule has 1 aromatic carbocycles. The van der Waals surface area contributed by atoms with Crippen LogP contribution < -0.4 is 0 Å². The van der Waals surface area contributed by atoms with Crippen molar-refractivity contribution in [1.82, 2.24) is 4.98 Å². The molecule has 0 aliphatic carbocycles. The summed E-state index contributed by atoms with van der Waals surface area (Å²) in [5, 5.41) is 12.1. The van der Waals surface area contributed by atoms with Crippen LogP contribution in [0.1, 0.15) is 11.3 Å². The summed E-state index contributed by atoms with van der Waals surface area (Å²) in [4.78, 5) is 6.80. The predicted molar refractivity (Wildman–Crippen MR) is 59.5 cm³/mol. The summed E-state index contributed by atoms with van der Waals surface area (Å²) in [6.07, 6.45) is 1.45. The van der Waals surface area contributed by atoms with Crippen molar-refractivity contribution >= 4 is 0 Å². The zero-order valence-electron chi connectivity index (χ0n) is 8.74. The topological polar surface area (TPSA) is 98.6 Å². The Morgan fingerprint density at radius 2 is 2.18 bits per heavy atom. The van der Waals surface area contributed by atoms with E-state index in [2.05, 4.69) is 15.0 Å². The Morgan fingerprint density at radius 1 is 1.41 bits per heavy atom. The highest BCUT2D eigenvalue weighted by molar-refractivity contribution is 5.54. The van der Waals surface area contributed by atoms with E-state index in [0.717, 1.165) is 5.56 Å². The Balaban J connectivity index is 2.24. The van der Waals surface area contributed by atoms with Gasteiger partial charge in [0.2, 0.25) is 5.89 Å². The molecule has 82 valence electrons. The third-order valence-electron chi connectivity index (χ3n) is 2.11. The molecule has 0 radical (unpaired) electrons. The van der Waals surface area contributed by atoms with E-state index >= 15 is 0 Å². The highest BCUT2D eigenvalue weighted by atomic mass is 16.3. The molecule has 6 heteroatoms. The Labute approximate surface area is 96.8 Å². The monoisotopic (exact) mass is 225 g/mol. The van der Waals surface area contributed by atoms with Gasteiger partial charge in [0, 0.05) is 10.5 Å². The lowest BCUT2D eigenvalue weighted by atomic mass is 10.1. The van der Waals surface area contributed by atoms with Gasteiger partial charge in [-0.1, -0.05) is 5.11 Å². The molecule has 0 aliphatic rings. The maximum atomic E-state index is 8.66. The van der Waals surface area contributed by atoms with Gasteiger partial charge in [-0.2, -0.15) is 5.26 Å². The second-order valence-corrected chi connectivity index (χ2v) is 3.22. The summed E-state index contributed by atoms with van der Waals surface area (Å²) in [5.41, 5.74) is 10.1. The summed E-state index contributed by atoms with van der Waals surface area (Å²) >= 11 is 0. The van der Waals surface area contributed by atoms with Gasteiger partial charge in [0.1, 0.15) is 6.26 Å². The van der Waals surface area contributed by atoms with Crippen molar-refractivity contribution in [3.8, 4) is 17.5 Å². The highest BCUT2D eigenvalue weighted by Gasteiger charge is 2.05. The van der Waals surface area contributed by atoms with E-state index in [1.807, 2.05) is 6.07 Å². The fraction of sp³-hybridized carbons (Fsp3) is 0.0909. The van der Waals surface area contributed by atoms with E-state index in [1.165, 1.54) is 6.26 Å². The molecule has 2 aromatic rings. The van der Waals surface area contributed by atoms with E-state index in [1.54, 1.807) is 24.3 Å². The maximum absolute atomic E-state index is 8.66. The lowest BCUT2D eigenvalue weighted by Gasteiger charge is -1.94. The van der Waals surface area contributed by atoms with E-state index in [-0.39, 0.29) is 6.54 Å². The van der Waals surface area contributed by atoms with Gasteiger partial charge in [0.25, 0.3) is 0 Å². The van der Waals surface area contributed by atoms with Crippen LogP contribution in [0.15, 0.2) is 40.1 Å². The smallest absolute Gasteiger partial charge is 0.226 e. The normalized spacial score (nSPS) is 9.35. The van der Waals surface area contributed by atoms with Crippen molar-refractivity contribution < 1.29 is 4.42 Å². The van der Waals surface area contributed by atoms with E-state index < -0.39 is 0 Å². The molecule has 0 atom stereocenters. The molecule has 6 nitrogen and oxygen atoms in total. The number of rotatable bonds is 3. The Kier molecular flexibility index (Phi) is 3.05. The minimum Gasteiger partial charge on any atom is -0.444 e. The van der Waals surface area contributed by atoms with Gasteiger partial charge in [-0.15, -0.1) is 0 Å². The number of aromatic nitrogens is 1. The molecule has 0 unspecified atom stereocenters. The molecule has 0 fully saturated rings. The average Bonchev–Trinajstić information content (AvgIpc) is 2.85. The fourth-order valence-corrected chi connectivity index (χ4v) is 1.30. The van der Waals surface area contributed by atoms with Gasteiger partial charge in [-0.05, 0) is 29.8 Å². The first kappa shape index (κ1) is 10.7. The van der Waals surface area contributed by atoms with Crippen LogP contribution in [0.25, 0.3) is 21.9 Å². The molecule has 17 heavy (non-hydrogen) atoms. The number of hydrogen-bond donors (Lipinski definition) is 0. The minimum absolute atomic E-state index is 0.163. The molecule has 0 N–H and O–H groups in total. The van der Waals surface area contributed by atoms with Crippen LogP contribution in [-0.4, -0.2) is 4.98 Å². The number of azide groups is 1. The Hall–Kier alpha value is -2.77. The third-order valence-corrected chi connectivity index (χ3v) is 2.11. The number of hydrogen-bond acceptors (Lipinski definition) is 4. The van der Waals surface area contributed by atoms with Crippen LogP contribution >= 0.6 is 0 Å². The quantitative estimate of drug-likeness (QED) is 0.456. The van der Waals surface area contributed by atoms with Gasteiger partial charge < -0.3 is 4.42 Å². The summed E-state index contributed by atoms with van der Waals surface area (Å²) in [5.74, 6) is 0.442. The number of oxazole rings is 1. The predicted octanol–water partition coefficient (Wildman–Crippen LogP) is 3.02. The van der Waals surface area contributed by atoms with Crippen molar-refractivity contribution in [2.24, 2.45) is 5.11 Å². The number of nitrogens with zero attached hydrogens (tertiary/aromatic N) is 5. The van der Waals surface area contributed by atoms with Crippen molar-refractivity contribution in [3.05, 3.63) is 52.2 Å². The Morgan fingerprint density at radius 3 is 2.82 bits per heavy atom. The SMILES string of the molecule is N#Cc1ccc(-c2nc(CN=[N+]=[N-])co2)cc1. The van der Waals surface area contributed by atoms with Gasteiger partial charge in [-0.3, -0.25) is 0 Å². The molecule has 0 bridgehead atoms. The van der Waals surface area contributed by atoms with E-state index in [9.17, 15) is 0 Å². The van der Waals surface area contributed by atoms with Crippen molar-refractivity contribution in [2.45, 2.75) is 6.54 Å². The van der Waals surface area contributed by atoms with Crippen LogP contribution in [0.5, 0.6) is 0 Å². The molecule has 1 heterocycles. The van der Waals surface area contributed by atoms with Crippen LogP contribution in [0.2, 0.25) is 0 Å². The van der Waals surface area contributed by atoms with Gasteiger partial charge in [0.05, 0.1) is 23.9 Å². The molecular weight excluding hydrogens is 218 g/mol. The minimum atomic E-state index is 0.163. The average molecular weight is 225 g/mol. The van der Waals surface area contributed by atoms with Gasteiger partial charge in [0.15, 0.2) is 0 Å². The fourth-order valence-electron chi connectivity index (χ4n) is 1.30. The molecule has 0 saturated carbocycles. The largest absolute Gasteiger partial charge is 0.444 e. The third kappa shape index (κ3) is 2.43. The Bertz CT molecular complexity index is 602. The second-order valence-electron chi connectivity index (χ2n) is 3.22. The standard InChI is InChI=1S/C11H7N5O/c12-5-8-1-3-9(4-2-8)11-15-10(7-17-11)6-14-16-13/h1-4,7H,6H2. The molecule has 2 rings (SSSR count). The van der Waals surface area contributed by atoms with E-state index in [4.69, 9.17) is 15.2 Å². The first-order valence-electron chi connectivity index (χ1n) is 4.79. The summed E-state index contributed by atoms with van der Waals surface area (Å²) in [6, 6.07) is 8.91. The van der Waals surface area contributed by atoms with Gasteiger partial charge in [-0.25, -0.2) is 4.98 Å². The lowest BCUT2D eigenvalue weighted by molar-refractivity contribution is 0.572. The molecule has 0 saturated heterocycles. The maximum Gasteiger partial charge on any atom is 0.226 e. The molecule has 0 spiro atoms. The van der Waals surface area contributed by atoms with Crippen LogP contribution in [0.4, 0.5) is 0 Å². The van der Waals surface area contributed by atoms with Gasteiger partial charge >= 0.3 is 0 Å². The first-order valence-corrected chi connectivity index (χ1v) is 4.79. The van der Waals surface area contributed by atoms with Crippen molar-refractivity contribution in [2.75, 3.05) is 0 Å². The molecule has 0 amide bonds. The number of benzene rings is 1. The second kappa shape index (κ2) is 4.84. The van der Waals surface area contributed by atoms with Crippen LogP contribution in [-0.2, 0) is 6.54 Å². The summed E-state index contributed by atoms with van der Waals surface area (Å²) < 4.78 is 5.24. The molecule has 0 aliphatic heterocycles. The summed E-state index contributed by atoms with van der Waals surface area (Å²) in [7, 11) is 0. The van der Waals surface area contributed by atoms with Crippen molar-refractivity contribution in [1.29, 1.82) is 5.26 Å². The lowest BCUT2D eigenvalue weighted by Crippen LogP contribution is -1.82. The highest BCUT2D eigenvalue weighted by Crippen LogP contribution is 2.19. The number of nitriles is 1. The summed E-state index contributed by atoms with van der Waals surface area (Å²) in [6.45, 7) is 0.163. The van der Waals surface area contributed by atoms with Crippen LogP contribution in [0, 0.1) is 11.3 Å². The first-order chi connectivity index (χ1) is 8.33. The van der Waals surface area contributed by atoms with Crippen LogP contribution in [0.3, 0.4) is 0 Å². The molecule has 1 aromatic heterocycles. The molecular formula is C11H7N5O. The zero-order valence-corrected chi connectivity index (χ0v) is 8.74. The van der Waals surface area contributed by atoms with E-state index in [0.29, 0.717) is 17.1 Å².